The molecule has 92 valence electrons. The maximum atomic E-state index is 5.52. The Labute approximate surface area is 111 Å². The zero-order valence-corrected chi connectivity index (χ0v) is 10.7. The molecule has 2 aromatic heterocycles. The van der Waals surface area contributed by atoms with Gasteiger partial charge in [0, 0.05) is 13.2 Å². The normalized spacial score (nSPS) is 23.2. The smallest absolute Gasteiger partial charge is 0.170 e. The van der Waals surface area contributed by atoms with E-state index in [0.29, 0.717) is 5.11 Å². The highest BCUT2D eigenvalue weighted by atomic mass is 32.1. The van der Waals surface area contributed by atoms with Crippen LogP contribution in [0.4, 0.5) is 0 Å². The van der Waals surface area contributed by atoms with Gasteiger partial charge in [-0.3, -0.25) is 4.98 Å². The molecule has 0 unspecified atom stereocenters. The fourth-order valence-corrected chi connectivity index (χ4v) is 2.51. The lowest BCUT2D eigenvalue weighted by Gasteiger charge is -2.21. The maximum absolute atomic E-state index is 5.52. The number of nitrogens with zero attached hydrogens (tertiary/aromatic N) is 2. The molecule has 1 aliphatic rings. The van der Waals surface area contributed by atoms with Crippen molar-refractivity contribution in [1.29, 1.82) is 0 Å². The van der Waals surface area contributed by atoms with Crippen molar-refractivity contribution in [3.63, 3.8) is 0 Å². The average molecular weight is 259 g/mol. The van der Waals surface area contributed by atoms with E-state index >= 15 is 0 Å². The van der Waals surface area contributed by atoms with Gasteiger partial charge in [-0.05, 0) is 36.5 Å². The van der Waals surface area contributed by atoms with Crippen LogP contribution in [0.3, 0.4) is 0 Å². The molecule has 5 heteroatoms. The number of pyridine rings is 1. The van der Waals surface area contributed by atoms with Gasteiger partial charge in [-0.1, -0.05) is 6.07 Å². The van der Waals surface area contributed by atoms with Crippen molar-refractivity contribution in [1.82, 2.24) is 15.2 Å². The van der Waals surface area contributed by atoms with E-state index in [0.717, 1.165) is 11.5 Å². The molecule has 0 aromatic carbocycles. The first-order chi connectivity index (χ1) is 8.77. The van der Waals surface area contributed by atoms with E-state index in [4.69, 9.17) is 16.6 Å². The zero-order valence-electron chi connectivity index (χ0n) is 9.91. The first kappa shape index (κ1) is 11.2. The first-order valence-corrected chi connectivity index (χ1v) is 6.16. The maximum Gasteiger partial charge on any atom is 0.170 e. The van der Waals surface area contributed by atoms with E-state index in [2.05, 4.69) is 10.3 Å². The van der Waals surface area contributed by atoms with Crippen LogP contribution in [0, 0.1) is 0 Å². The molecule has 2 atom stereocenters. The molecule has 1 aliphatic heterocycles. The lowest BCUT2D eigenvalue weighted by atomic mass is 10.0. The van der Waals surface area contributed by atoms with Crippen LogP contribution < -0.4 is 5.32 Å². The Hall–Kier alpha value is -1.88. The van der Waals surface area contributed by atoms with Gasteiger partial charge in [0.25, 0.3) is 0 Å². The molecule has 3 rings (SSSR count). The van der Waals surface area contributed by atoms with Crippen molar-refractivity contribution in [3.8, 4) is 0 Å². The van der Waals surface area contributed by atoms with E-state index in [1.807, 2.05) is 42.3 Å². The molecule has 1 saturated heterocycles. The minimum absolute atomic E-state index is 0.0230. The first-order valence-electron chi connectivity index (χ1n) is 5.75. The van der Waals surface area contributed by atoms with Crippen LogP contribution in [0.15, 0.2) is 47.2 Å². The summed E-state index contributed by atoms with van der Waals surface area (Å²) in [6, 6.07) is 9.80. The van der Waals surface area contributed by atoms with Gasteiger partial charge in [-0.15, -0.1) is 0 Å². The van der Waals surface area contributed by atoms with Gasteiger partial charge in [0.2, 0.25) is 0 Å². The van der Waals surface area contributed by atoms with Gasteiger partial charge in [-0.2, -0.15) is 0 Å². The average Bonchev–Trinajstić information content (AvgIpc) is 3.00. The van der Waals surface area contributed by atoms with Crippen LogP contribution in [-0.4, -0.2) is 22.0 Å². The highest BCUT2D eigenvalue weighted by molar-refractivity contribution is 7.80. The summed E-state index contributed by atoms with van der Waals surface area (Å²) in [5, 5.41) is 4.01. The van der Waals surface area contributed by atoms with Crippen LogP contribution in [0.1, 0.15) is 23.5 Å². The Kier molecular flexibility index (Phi) is 2.76. The van der Waals surface area contributed by atoms with Crippen LogP contribution in [0.25, 0.3) is 0 Å². The standard InChI is InChI=1S/C13H13N3OS/c1-16-12(10-6-4-8-17-10)11(15-13(16)18)9-5-2-3-7-14-9/h2-8,11-12H,1H3,(H,15,18)/t11-,12+/m1/s1. The summed E-state index contributed by atoms with van der Waals surface area (Å²) >= 11 is 5.32. The monoisotopic (exact) mass is 259 g/mol. The molecule has 18 heavy (non-hydrogen) atoms. The van der Waals surface area contributed by atoms with E-state index < -0.39 is 0 Å². The number of nitrogens with one attached hydrogen (secondary N) is 1. The Balaban J connectivity index is 2.00. The number of hydrogen-bond donors (Lipinski definition) is 1. The highest BCUT2D eigenvalue weighted by Gasteiger charge is 2.39. The molecule has 0 amide bonds. The minimum Gasteiger partial charge on any atom is -0.467 e. The molecule has 0 spiro atoms. The summed E-state index contributed by atoms with van der Waals surface area (Å²) in [4.78, 5) is 6.41. The summed E-state index contributed by atoms with van der Waals surface area (Å²) in [5.41, 5.74) is 0.964. The molecule has 1 fully saturated rings. The van der Waals surface area contributed by atoms with E-state index in [-0.39, 0.29) is 12.1 Å². The zero-order chi connectivity index (χ0) is 12.5. The molecule has 1 N–H and O–H groups in total. The number of rotatable bonds is 2. The Bertz CT molecular complexity index is 541. The topological polar surface area (TPSA) is 41.3 Å². The quantitative estimate of drug-likeness (QED) is 0.838. The number of aromatic nitrogens is 1. The van der Waals surface area contributed by atoms with Crippen LogP contribution in [0.2, 0.25) is 0 Å². The summed E-state index contributed by atoms with van der Waals surface area (Å²) in [5.74, 6) is 0.889. The van der Waals surface area contributed by atoms with Gasteiger partial charge < -0.3 is 14.6 Å². The number of likely N-dealkylation sites (N-methyl/N-ethyl adjacent to an activating group) is 1. The highest BCUT2D eigenvalue weighted by Crippen LogP contribution is 2.37. The van der Waals surface area contributed by atoms with Gasteiger partial charge in [-0.25, -0.2) is 0 Å². The molecular formula is C13H13N3OS. The van der Waals surface area contributed by atoms with Gasteiger partial charge in [0.15, 0.2) is 5.11 Å². The van der Waals surface area contributed by atoms with Crippen LogP contribution >= 0.6 is 12.2 Å². The van der Waals surface area contributed by atoms with Crippen molar-refractivity contribution >= 4 is 17.3 Å². The SMILES string of the molecule is CN1C(=S)N[C@H](c2ccccn2)[C@@H]1c1ccco1. The largest absolute Gasteiger partial charge is 0.467 e. The molecule has 4 nitrogen and oxygen atoms in total. The lowest BCUT2D eigenvalue weighted by Crippen LogP contribution is -2.24. The second-order valence-corrected chi connectivity index (χ2v) is 4.64. The predicted octanol–water partition coefficient (Wildman–Crippen LogP) is 2.28. The third-order valence-electron chi connectivity index (χ3n) is 3.17. The number of hydrogen-bond acceptors (Lipinski definition) is 3. The number of furan rings is 1. The third-order valence-corrected chi connectivity index (χ3v) is 3.58. The third kappa shape index (κ3) is 1.76. The van der Waals surface area contributed by atoms with Crippen LogP contribution in [0.5, 0.6) is 0 Å². The van der Waals surface area contributed by atoms with Crippen molar-refractivity contribution < 1.29 is 4.42 Å². The van der Waals surface area contributed by atoms with Crippen molar-refractivity contribution in [2.75, 3.05) is 7.05 Å². The molecule has 2 aromatic rings. The fraction of sp³-hybridized carbons (Fsp3) is 0.231. The Morgan fingerprint density at radius 2 is 2.22 bits per heavy atom. The van der Waals surface area contributed by atoms with Gasteiger partial charge >= 0.3 is 0 Å². The van der Waals surface area contributed by atoms with Gasteiger partial charge in [0.1, 0.15) is 11.8 Å². The van der Waals surface area contributed by atoms with Gasteiger partial charge in [0.05, 0.1) is 18.0 Å². The fourth-order valence-electron chi connectivity index (χ4n) is 2.27. The lowest BCUT2D eigenvalue weighted by molar-refractivity contribution is 0.308. The van der Waals surface area contributed by atoms with E-state index in [1.165, 1.54) is 0 Å². The molecule has 0 aliphatic carbocycles. The van der Waals surface area contributed by atoms with Crippen molar-refractivity contribution in [2.24, 2.45) is 0 Å². The van der Waals surface area contributed by atoms with Crippen molar-refractivity contribution in [3.05, 3.63) is 54.2 Å². The Morgan fingerprint density at radius 3 is 2.89 bits per heavy atom. The van der Waals surface area contributed by atoms with E-state index in [9.17, 15) is 0 Å². The minimum atomic E-state index is 0.0230. The van der Waals surface area contributed by atoms with Crippen LogP contribution in [-0.2, 0) is 0 Å². The second kappa shape index (κ2) is 4.42. The summed E-state index contributed by atoms with van der Waals surface area (Å²) in [7, 11) is 1.96. The van der Waals surface area contributed by atoms with E-state index in [1.54, 1.807) is 12.5 Å². The summed E-state index contributed by atoms with van der Waals surface area (Å²) in [6.45, 7) is 0. The molecule has 3 heterocycles. The summed E-state index contributed by atoms with van der Waals surface area (Å²) < 4.78 is 5.52. The Morgan fingerprint density at radius 1 is 1.33 bits per heavy atom. The number of thiocarbonyl (C=S) groups is 1. The molecule has 0 saturated carbocycles. The molecule has 0 bridgehead atoms. The van der Waals surface area contributed by atoms with Crippen molar-refractivity contribution in [2.45, 2.75) is 12.1 Å². The predicted molar refractivity (Wildman–Crippen MR) is 71.9 cm³/mol. The second-order valence-electron chi connectivity index (χ2n) is 4.25. The molecule has 0 radical (unpaired) electrons. The summed E-state index contributed by atoms with van der Waals surface area (Å²) in [6.07, 6.45) is 3.47. The molecular weight excluding hydrogens is 246 g/mol.